The average Bonchev–Trinajstić information content (AvgIpc) is 2.48. The lowest BCUT2D eigenvalue weighted by Gasteiger charge is -2.34. The van der Waals surface area contributed by atoms with Crippen LogP contribution >= 0.6 is 12.4 Å². The van der Waals surface area contributed by atoms with Gasteiger partial charge in [-0.05, 0) is 43.6 Å². The lowest BCUT2D eigenvalue weighted by atomic mass is 9.91. The second-order valence-electron chi connectivity index (χ2n) is 5.04. The minimum atomic E-state index is -0.720. The lowest BCUT2D eigenvalue weighted by Crippen LogP contribution is -2.51. The van der Waals surface area contributed by atoms with Gasteiger partial charge >= 0.3 is 0 Å². The Labute approximate surface area is 131 Å². The summed E-state index contributed by atoms with van der Waals surface area (Å²) in [5, 5.41) is 6.20. The SMILES string of the molecule is COCc1cccc(NC(=O)C2(OC)CCNCC2)c1.Cl. The van der Waals surface area contributed by atoms with Gasteiger partial charge in [-0.3, -0.25) is 4.79 Å². The van der Waals surface area contributed by atoms with Gasteiger partial charge in [0.25, 0.3) is 5.91 Å². The topological polar surface area (TPSA) is 59.6 Å². The molecule has 6 heteroatoms. The van der Waals surface area contributed by atoms with Crippen LogP contribution in [0.4, 0.5) is 5.69 Å². The summed E-state index contributed by atoms with van der Waals surface area (Å²) in [4.78, 5) is 12.5. The Kier molecular flexibility index (Phi) is 7.11. The van der Waals surface area contributed by atoms with E-state index in [9.17, 15) is 4.79 Å². The minimum Gasteiger partial charge on any atom is -0.380 e. The molecule has 1 heterocycles. The normalized spacial score (nSPS) is 16.9. The molecule has 1 saturated heterocycles. The fraction of sp³-hybridized carbons (Fsp3) is 0.533. The molecule has 0 aromatic heterocycles. The Morgan fingerprint density at radius 1 is 1.33 bits per heavy atom. The zero-order chi connectivity index (χ0) is 14.4. The van der Waals surface area contributed by atoms with E-state index in [-0.39, 0.29) is 18.3 Å². The third-order valence-electron chi connectivity index (χ3n) is 3.71. The van der Waals surface area contributed by atoms with Crippen molar-refractivity contribution in [3.05, 3.63) is 29.8 Å². The molecule has 1 aromatic rings. The summed E-state index contributed by atoms with van der Waals surface area (Å²) in [6.07, 6.45) is 1.38. The summed E-state index contributed by atoms with van der Waals surface area (Å²) < 4.78 is 10.6. The monoisotopic (exact) mass is 314 g/mol. The molecule has 21 heavy (non-hydrogen) atoms. The number of carbonyl (C=O) groups excluding carboxylic acids is 1. The Balaban J connectivity index is 0.00000220. The van der Waals surface area contributed by atoms with Crippen LogP contribution in [0.2, 0.25) is 0 Å². The summed E-state index contributed by atoms with van der Waals surface area (Å²) in [5.74, 6) is -0.0731. The van der Waals surface area contributed by atoms with E-state index < -0.39 is 5.60 Å². The number of anilines is 1. The van der Waals surface area contributed by atoms with Gasteiger partial charge in [-0.25, -0.2) is 0 Å². The number of benzene rings is 1. The maximum absolute atomic E-state index is 12.5. The molecule has 0 radical (unpaired) electrons. The van der Waals surface area contributed by atoms with E-state index in [1.807, 2.05) is 24.3 Å². The van der Waals surface area contributed by atoms with Crippen LogP contribution in [0.1, 0.15) is 18.4 Å². The van der Waals surface area contributed by atoms with E-state index in [0.29, 0.717) is 19.4 Å². The lowest BCUT2D eigenvalue weighted by molar-refractivity contribution is -0.140. The summed E-state index contributed by atoms with van der Waals surface area (Å²) in [5.41, 5.74) is 1.09. The minimum absolute atomic E-state index is 0. The molecule has 0 bridgehead atoms. The van der Waals surface area contributed by atoms with Crippen LogP contribution in [-0.2, 0) is 20.9 Å². The molecular formula is C15H23ClN2O3. The molecule has 5 nitrogen and oxygen atoms in total. The van der Waals surface area contributed by atoms with E-state index >= 15 is 0 Å². The Bertz CT molecular complexity index is 462. The van der Waals surface area contributed by atoms with Gasteiger partial charge in [0.1, 0.15) is 5.60 Å². The van der Waals surface area contributed by atoms with E-state index in [1.165, 1.54) is 0 Å². The van der Waals surface area contributed by atoms with E-state index in [2.05, 4.69) is 10.6 Å². The largest absolute Gasteiger partial charge is 0.380 e. The Morgan fingerprint density at radius 2 is 2.05 bits per heavy atom. The van der Waals surface area contributed by atoms with Gasteiger partial charge in [0.15, 0.2) is 0 Å². The van der Waals surface area contributed by atoms with Gasteiger partial charge < -0.3 is 20.1 Å². The van der Waals surface area contributed by atoms with Gasteiger partial charge in [-0.1, -0.05) is 12.1 Å². The third kappa shape index (κ3) is 4.41. The van der Waals surface area contributed by atoms with Gasteiger partial charge in [0.05, 0.1) is 6.61 Å². The molecule has 2 rings (SSSR count). The summed E-state index contributed by atoms with van der Waals surface area (Å²) >= 11 is 0. The molecule has 1 aromatic carbocycles. The zero-order valence-corrected chi connectivity index (χ0v) is 13.3. The van der Waals surface area contributed by atoms with Crippen molar-refractivity contribution < 1.29 is 14.3 Å². The first-order valence-electron chi connectivity index (χ1n) is 6.85. The van der Waals surface area contributed by atoms with Crippen molar-refractivity contribution in [3.8, 4) is 0 Å². The maximum Gasteiger partial charge on any atom is 0.256 e. The molecule has 0 unspecified atom stereocenters. The number of methoxy groups -OCH3 is 2. The van der Waals surface area contributed by atoms with Crippen molar-refractivity contribution in [1.29, 1.82) is 0 Å². The van der Waals surface area contributed by atoms with Crippen LogP contribution in [-0.4, -0.2) is 38.8 Å². The predicted molar refractivity (Wildman–Crippen MR) is 84.9 cm³/mol. The summed E-state index contributed by atoms with van der Waals surface area (Å²) in [6.45, 7) is 2.12. The first kappa shape index (κ1) is 17.9. The Hall–Kier alpha value is -1.14. The number of halogens is 1. The summed E-state index contributed by atoms with van der Waals surface area (Å²) in [6, 6.07) is 7.68. The maximum atomic E-state index is 12.5. The quantitative estimate of drug-likeness (QED) is 0.872. The van der Waals surface area contributed by atoms with Crippen molar-refractivity contribution in [2.24, 2.45) is 0 Å². The van der Waals surface area contributed by atoms with E-state index in [4.69, 9.17) is 9.47 Å². The van der Waals surface area contributed by atoms with Gasteiger partial charge in [-0.15, -0.1) is 12.4 Å². The molecule has 0 aliphatic carbocycles. The predicted octanol–water partition coefficient (Wildman–Crippen LogP) is 1.96. The average molecular weight is 315 g/mol. The highest BCUT2D eigenvalue weighted by molar-refractivity contribution is 5.97. The van der Waals surface area contributed by atoms with Crippen molar-refractivity contribution in [3.63, 3.8) is 0 Å². The molecule has 118 valence electrons. The molecule has 1 fully saturated rings. The number of nitrogens with one attached hydrogen (secondary N) is 2. The highest BCUT2D eigenvalue weighted by atomic mass is 35.5. The Morgan fingerprint density at radius 3 is 2.67 bits per heavy atom. The molecule has 2 N–H and O–H groups in total. The van der Waals surface area contributed by atoms with Crippen LogP contribution < -0.4 is 10.6 Å². The van der Waals surface area contributed by atoms with E-state index in [1.54, 1.807) is 14.2 Å². The van der Waals surface area contributed by atoms with Crippen molar-refractivity contribution >= 4 is 24.0 Å². The smallest absolute Gasteiger partial charge is 0.256 e. The molecule has 1 amide bonds. The van der Waals surface area contributed by atoms with Gasteiger partial charge in [0, 0.05) is 19.9 Å². The van der Waals surface area contributed by atoms with Crippen LogP contribution in [0.15, 0.2) is 24.3 Å². The second-order valence-corrected chi connectivity index (χ2v) is 5.04. The van der Waals surface area contributed by atoms with Crippen molar-refractivity contribution in [2.45, 2.75) is 25.0 Å². The molecule has 1 aliphatic heterocycles. The van der Waals surface area contributed by atoms with Crippen LogP contribution in [0.5, 0.6) is 0 Å². The zero-order valence-electron chi connectivity index (χ0n) is 12.5. The van der Waals surface area contributed by atoms with Crippen LogP contribution in [0.3, 0.4) is 0 Å². The number of amides is 1. The number of hydrogen-bond donors (Lipinski definition) is 2. The van der Waals surface area contributed by atoms with Gasteiger partial charge in [0.2, 0.25) is 0 Å². The first-order chi connectivity index (χ1) is 9.70. The molecule has 1 aliphatic rings. The number of hydrogen-bond acceptors (Lipinski definition) is 4. The van der Waals surface area contributed by atoms with Crippen LogP contribution in [0.25, 0.3) is 0 Å². The summed E-state index contributed by atoms with van der Waals surface area (Å²) in [7, 11) is 3.26. The highest BCUT2D eigenvalue weighted by Crippen LogP contribution is 2.24. The van der Waals surface area contributed by atoms with E-state index in [0.717, 1.165) is 24.3 Å². The standard InChI is InChI=1S/C15H22N2O3.ClH/c1-19-11-12-4-3-5-13(10-12)17-14(18)15(20-2)6-8-16-9-7-15;/h3-5,10,16H,6-9,11H2,1-2H3,(H,17,18);1H. The number of piperidine rings is 1. The third-order valence-corrected chi connectivity index (χ3v) is 3.71. The molecular weight excluding hydrogens is 292 g/mol. The molecule has 0 saturated carbocycles. The fourth-order valence-electron chi connectivity index (χ4n) is 2.51. The highest BCUT2D eigenvalue weighted by Gasteiger charge is 2.39. The molecule has 0 atom stereocenters. The first-order valence-corrected chi connectivity index (χ1v) is 6.85. The fourth-order valence-corrected chi connectivity index (χ4v) is 2.51. The van der Waals surface area contributed by atoms with Crippen molar-refractivity contribution in [1.82, 2.24) is 5.32 Å². The van der Waals surface area contributed by atoms with Crippen LogP contribution in [0, 0.1) is 0 Å². The van der Waals surface area contributed by atoms with Gasteiger partial charge in [-0.2, -0.15) is 0 Å². The molecule has 0 spiro atoms. The second kappa shape index (κ2) is 8.34. The van der Waals surface area contributed by atoms with Crippen molar-refractivity contribution in [2.75, 3.05) is 32.6 Å². The number of ether oxygens (including phenoxy) is 2. The number of rotatable bonds is 5. The number of carbonyl (C=O) groups is 1.